The third-order valence-electron chi connectivity index (χ3n) is 5.12. The number of carbonyl (C=O) groups excluding carboxylic acids is 1. The standard InChI is InChI=1S/C19H23N3O2/c1-14-16(7-8-20-14)19(23)22-12-17-18(13-22)24-10-9-21(17)11-15-5-3-2-4-6-15/h2-8,17-18,20H,9-13H2,1H3/t17-,18-/m1/s1. The Labute approximate surface area is 142 Å². The smallest absolute Gasteiger partial charge is 0.255 e. The van der Waals surface area contributed by atoms with Crippen LogP contribution >= 0.6 is 0 Å². The Hall–Kier alpha value is -2.11. The summed E-state index contributed by atoms with van der Waals surface area (Å²) < 4.78 is 5.95. The number of aromatic amines is 1. The number of carbonyl (C=O) groups is 1. The molecule has 4 rings (SSSR count). The molecule has 2 saturated heterocycles. The molecular weight excluding hydrogens is 302 g/mol. The Balaban J connectivity index is 1.48. The molecule has 126 valence electrons. The summed E-state index contributed by atoms with van der Waals surface area (Å²) in [7, 11) is 0. The Morgan fingerprint density at radius 1 is 1.25 bits per heavy atom. The normalized spacial score (nSPS) is 24.1. The first-order valence-corrected chi connectivity index (χ1v) is 8.55. The molecule has 3 heterocycles. The van der Waals surface area contributed by atoms with Crippen molar-refractivity contribution in [1.82, 2.24) is 14.8 Å². The largest absolute Gasteiger partial charge is 0.373 e. The molecule has 2 atom stereocenters. The van der Waals surface area contributed by atoms with Crippen LogP contribution in [0.1, 0.15) is 21.6 Å². The minimum absolute atomic E-state index is 0.103. The number of benzene rings is 1. The van der Waals surface area contributed by atoms with E-state index in [1.54, 1.807) is 0 Å². The first-order valence-electron chi connectivity index (χ1n) is 8.55. The Kier molecular flexibility index (Phi) is 4.12. The van der Waals surface area contributed by atoms with E-state index in [4.69, 9.17) is 4.74 Å². The van der Waals surface area contributed by atoms with Gasteiger partial charge in [-0.3, -0.25) is 9.69 Å². The fraction of sp³-hybridized carbons (Fsp3) is 0.421. The molecule has 0 spiro atoms. The van der Waals surface area contributed by atoms with Gasteiger partial charge in [-0.05, 0) is 18.6 Å². The van der Waals surface area contributed by atoms with Gasteiger partial charge < -0.3 is 14.6 Å². The lowest BCUT2D eigenvalue weighted by Crippen LogP contribution is -2.50. The zero-order chi connectivity index (χ0) is 16.5. The Bertz CT molecular complexity index is 712. The molecule has 2 aliphatic heterocycles. The van der Waals surface area contributed by atoms with Crippen LogP contribution in [0.2, 0.25) is 0 Å². The molecule has 1 aromatic heterocycles. The summed E-state index contributed by atoms with van der Waals surface area (Å²) in [5.74, 6) is 0.103. The zero-order valence-corrected chi connectivity index (χ0v) is 13.9. The first kappa shape index (κ1) is 15.4. The van der Waals surface area contributed by atoms with Crippen molar-refractivity contribution in [2.45, 2.75) is 25.6 Å². The van der Waals surface area contributed by atoms with Crippen LogP contribution in [0.5, 0.6) is 0 Å². The molecule has 5 heteroatoms. The highest BCUT2D eigenvalue weighted by Gasteiger charge is 2.42. The van der Waals surface area contributed by atoms with E-state index in [0.29, 0.717) is 6.54 Å². The summed E-state index contributed by atoms with van der Waals surface area (Å²) in [6.07, 6.45) is 1.94. The highest BCUT2D eigenvalue weighted by atomic mass is 16.5. The van der Waals surface area contributed by atoms with Gasteiger partial charge in [0.05, 0.1) is 24.3 Å². The number of fused-ring (bicyclic) bond motifs is 1. The quantitative estimate of drug-likeness (QED) is 0.939. The SMILES string of the molecule is Cc1[nH]ccc1C(=O)N1C[C@@H]2[C@@H](C1)OCCN2Cc1ccccc1. The number of amides is 1. The third kappa shape index (κ3) is 2.85. The van der Waals surface area contributed by atoms with Crippen LogP contribution in [0.25, 0.3) is 0 Å². The van der Waals surface area contributed by atoms with Crippen molar-refractivity contribution in [2.24, 2.45) is 0 Å². The van der Waals surface area contributed by atoms with Crippen LogP contribution < -0.4 is 0 Å². The number of hydrogen-bond acceptors (Lipinski definition) is 3. The van der Waals surface area contributed by atoms with Gasteiger partial charge in [-0.15, -0.1) is 0 Å². The lowest BCUT2D eigenvalue weighted by atomic mass is 10.1. The van der Waals surface area contributed by atoms with Crippen LogP contribution in [0.15, 0.2) is 42.6 Å². The summed E-state index contributed by atoms with van der Waals surface area (Å²) in [6.45, 7) is 5.92. The van der Waals surface area contributed by atoms with Gasteiger partial charge in [0, 0.05) is 38.1 Å². The average Bonchev–Trinajstić information content (AvgIpc) is 3.22. The summed E-state index contributed by atoms with van der Waals surface area (Å²) in [5, 5.41) is 0. The predicted molar refractivity (Wildman–Crippen MR) is 91.8 cm³/mol. The zero-order valence-electron chi connectivity index (χ0n) is 13.9. The lowest BCUT2D eigenvalue weighted by molar-refractivity contribution is -0.0503. The molecule has 1 N–H and O–H groups in total. The first-order chi connectivity index (χ1) is 11.7. The molecule has 2 aromatic rings. The summed E-state index contributed by atoms with van der Waals surface area (Å²) in [5.41, 5.74) is 3.00. The van der Waals surface area contributed by atoms with Crippen molar-refractivity contribution in [3.8, 4) is 0 Å². The minimum Gasteiger partial charge on any atom is -0.373 e. The van der Waals surface area contributed by atoms with Crippen molar-refractivity contribution in [3.05, 3.63) is 59.4 Å². The van der Waals surface area contributed by atoms with Gasteiger partial charge in [0.25, 0.3) is 5.91 Å². The number of aromatic nitrogens is 1. The molecule has 0 aliphatic carbocycles. The van der Waals surface area contributed by atoms with E-state index in [9.17, 15) is 4.79 Å². The van der Waals surface area contributed by atoms with Crippen molar-refractivity contribution in [3.63, 3.8) is 0 Å². The Morgan fingerprint density at radius 2 is 2.08 bits per heavy atom. The number of aryl methyl sites for hydroxylation is 1. The highest BCUT2D eigenvalue weighted by Crippen LogP contribution is 2.26. The summed E-state index contributed by atoms with van der Waals surface area (Å²) in [6, 6.07) is 12.7. The van der Waals surface area contributed by atoms with Gasteiger partial charge in [-0.25, -0.2) is 0 Å². The summed E-state index contributed by atoms with van der Waals surface area (Å²) in [4.78, 5) is 20.3. The molecule has 0 saturated carbocycles. The van der Waals surface area contributed by atoms with E-state index < -0.39 is 0 Å². The predicted octanol–water partition coefficient (Wildman–Crippen LogP) is 2.05. The molecule has 1 amide bonds. The maximum absolute atomic E-state index is 12.8. The monoisotopic (exact) mass is 325 g/mol. The number of hydrogen-bond donors (Lipinski definition) is 1. The number of rotatable bonds is 3. The van der Waals surface area contributed by atoms with Gasteiger partial charge in [-0.1, -0.05) is 30.3 Å². The number of morpholine rings is 1. The maximum Gasteiger partial charge on any atom is 0.255 e. The van der Waals surface area contributed by atoms with Crippen LogP contribution in [0.4, 0.5) is 0 Å². The van der Waals surface area contributed by atoms with Gasteiger partial charge in [-0.2, -0.15) is 0 Å². The maximum atomic E-state index is 12.8. The summed E-state index contributed by atoms with van der Waals surface area (Å²) >= 11 is 0. The topological polar surface area (TPSA) is 48.6 Å². The van der Waals surface area contributed by atoms with Crippen molar-refractivity contribution >= 4 is 5.91 Å². The molecule has 0 radical (unpaired) electrons. The molecule has 1 aromatic carbocycles. The van der Waals surface area contributed by atoms with Crippen molar-refractivity contribution in [2.75, 3.05) is 26.2 Å². The van der Waals surface area contributed by atoms with Gasteiger partial charge in [0.15, 0.2) is 0 Å². The van der Waals surface area contributed by atoms with Crippen LogP contribution in [-0.4, -0.2) is 59.1 Å². The fourth-order valence-corrected chi connectivity index (χ4v) is 3.79. The van der Waals surface area contributed by atoms with Gasteiger partial charge in [0.1, 0.15) is 0 Å². The van der Waals surface area contributed by atoms with Crippen molar-refractivity contribution in [1.29, 1.82) is 0 Å². The number of ether oxygens (including phenoxy) is 1. The molecule has 0 bridgehead atoms. The van der Waals surface area contributed by atoms with E-state index >= 15 is 0 Å². The van der Waals surface area contributed by atoms with Crippen LogP contribution in [0.3, 0.4) is 0 Å². The number of likely N-dealkylation sites (tertiary alicyclic amines) is 1. The molecule has 24 heavy (non-hydrogen) atoms. The molecule has 5 nitrogen and oxygen atoms in total. The molecule has 2 aliphatic rings. The van der Waals surface area contributed by atoms with Gasteiger partial charge >= 0.3 is 0 Å². The van der Waals surface area contributed by atoms with E-state index in [0.717, 1.165) is 37.5 Å². The van der Waals surface area contributed by atoms with Gasteiger partial charge in [0.2, 0.25) is 0 Å². The molecule has 0 unspecified atom stereocenters. The average molecular weight is 325 g/mol. The van der Waals surface area contributed by atoms with E-state index in [-0.39, 0.29) is 18.1 Å². The van der Waals surface area contributed by atoms with E-state index in [2.05, 4.69) is 34.1 Å². The van der Waals surface area contributed by atoms with E-state index in [1.807, 2.05) is 30.2 Å². The minimum atomic E-state index is 0.103. The van der Waals surface area contributed by atoms with E-state index in [1.165, 1.54) is 5.56 Å². The molecule has 2 fully saturated rings. The highest BCUT2D eigenvalue weighted by molar-refractivity contribution is 5.95. The van der Waals surface area contributed by atoms with Crippen LogP contribution in [-0.2, 0) is 11.3 Å². The van der Waals surface area contributed by atoms with Crippen LogP contribution in [0, 0.1) is 6.92 Å². The number of nitrogens with zero attached hydrogens (tertiary/aromatic N) is 2. The Morgan fingerprint density at radius 3 is 2.83 bits per heavy atom. The lowest BCUT2D eigenvalue weighted by Gasteiger charge is -2.36. The van der Waals surface area contributed by atoms with Crippen molar-refractivity contribution < 1.29 is 9.53 Å². The molecular formula is C19H23N3O2. The fourth-order valence-electron chi connectivity index (χ4n) is 3.79. The second kappa shape index (κ2) is 6.42. The second-order valence-electron chi connectivity index (χ2n) is 6.66. The number of nitrogens with one attached hydrogen (secondary N) is 1. The second-order valence-corrected chi connectivity index (χ2v) is 6.66. The number of H-pyrrole nitrogens is 1. The third-order valence-corrected chi connectivity index (χ3v) is 5.12.